The van der Waals surface area contributed by atoms with Crippen LogP contribution in [0.1, 0.15) is 40.7 Å². The zero-order chi connectivity index (χ0) is 20.1. The van der Waals surface area contributed by atoms with Gasteiger partial charge in [0.2, 0.25) is 0 Å². The number of amides is 1. The number of oxime groups is 1. The van der Waals surface area contributed by atoms with Gasteiger partial charge >= 0.3 is 5.19 Å². The average Bonchev–Trinajstić information content (AvgIpc) is 3.11. The molecule has 0 fully saturated rings. The molecule has 0 aliphatic heterocycles. The largest absolute Gasteiger partial charge is 0.324 e. The second-order valence-electron chi connectivity index (χ2n) is 5.77. The number of nitrogens with one attached hydrogen (secondary N) is 1. The quantitative estimate of drug-likeness (QED) is 0.502. The Morgan fingerprint density at radius 3 is 2.75 bits per heavy atom. The van der Waals surface area contributed by atoms with Crippen LogP contribution < -0.4 is 10.2 Å². The molecule has 0 aliphatic carbocycles. The molecule has 0 unspecified atom stereocenters. The van der Waals surface area contributed by atoms with E-state index in [0.29, 0.717) is 29.0 Å². The number of aryl methyl sites for hydroxylation is 1. The molecule has 3 rings (SSSR count). The maximum atomic E-state index is 13.6. The van der Waals surface area contributed by atoms with E-state index < -0.39 is 11.7 Å². The Balaban J connectivity index is 1.71. The highest BCUT2D eigenvalue weighted by Crippen LogP contribution is 2.16. The number of hydrogen-bond acceptors (Lipinski definition) is 8. The van der Waals surface area contributed by atoms with Crippen LogP contribution in [0, 0.1) is 19.7 Å². The number of rotatable bonds is 6. The van der Waals surface area contributed by atoms with E-state index in [1.807, 2.05) is 6.92 Å². The lowest BCUT2D eigenvalue weighted by atomic mass is 10.1. The van der Waals surface area contributed by atoms with Gasteiger partial charge in [-0.05, 0) is 32.4 Å². The van der Waals surface area contributed by atoms with Crippen molar-refractivity contribution in [3.63, 3.8) is 0 Å². The van der Waals surface area contributed by atoms with Crippen LogP contribution in [0.4, 0.5) is 10.2 Å². The van der Waals surface area contributed by atoms with Gasteiger partial charge in [-0.3, -0.25) is 9.78 Å². The summed E-state index contributed by atoms with van der Waals surface area (Å²) in [5.74, 6) is -0.0678. The summed E-state index contributed by atoms with van der Waals surface area (Å²) in [7, 11) is 0. The molecule has 3 aromatic rings. The molecule has 0 saturated heterocycles. The summed E-state index contributed by atoms with van der Waals surface area (Å²) in [6, 6.07) is 3.39. The molecule has 3 heterocycles. The molecule has 144 valence electrons. The Kier molecular flexibility index (Phi) is 5.99. The number of hydrogen-bond donors (Lipinski definition) is 1. The summed E-state index contributed by atoms with van der Waals surface area (Å²) in [5.41, 5.74) is 1.80. The third-order valence-electron chi connectivity index (χ3n) is 3.81. The summed E-state index contributed by atoms with van der Waals surface area (Å²) in [4.78, 5) is 29.6. The van der Waals surface area contributed by atoms with Crippen molar-refractivity contribution in [3.8, 4) is 5.19 Å². The van der Waals surface area contributed by atoms with Crippen LogP contribution in [0.3, 0.4) is 0 Å². The number of nitrogens with zero attached hydrogens (tertiary/aromatic N) is 5. The number of carbonyl (C=O) groups is 1. The first kappa shape index (κ1) is 19.5. The van der Waals surface area contributed by atoms with Crippen LogP contribution in [-0.2, 0) is 0 Å². The zero-order valence-corrected chi connectivity index (χ0v) is 16.2. The summed E-state index contributed by atoms with van der Waals surface area (Å²) >= 11 is 1.12. The Morgan fingerprint density at radius 1 is 1.29 bits per heavy atom. The lowest BCUT2D eigenvalue weighted by Gasteiger charge is -2.08. The van der Waals surface area contributed by atoms with E-state index in [9.17, 15) is 9.18 Å². The molecule has 0 saturated carbocycles. The first-order valence-electron chi connectivity index (χ1n) is 8.40. The Labute approximate surface area is 164 Å². The highest BCUT2D eigenvalue weighted by atomic mass is 32.1. The minimum absolute atomic E-state index is 0.155. The third-order valence-corrected chi connectivity index (χ3v) is 4.49. The molecule has 3 aromatic heterocycles. The Bertz CT molecular complexity index is 1020. The molecule has 0 aromatic carbocycles. The van der Waals surface area contributed by atoms with Crippen LogP contribution in [0.5, 0.6) is 5.19 Å². The lowest BCUT2D eigenvalue weighted by molar-refractivity contribution is 0.102. The second-order valence-corrected chi connectivity index (χ2v) is 6.48. The van der Waals surface area contributed by atoms with E-state index >= 15 is 0 Å². The first-order chi connectivity index (χ1) is 13.5. The molecular weight excluding hydrogens is 383 g/mol. The van der Waals surface area contributed by atoms with Crippen LogP contribution in [-0.4, -0.2) is 30.9 Å². The van der Waals surface area contributed by atoms with Crippen molar-refractivity contribution in [1.82, 2.24) is 19.3 Å². The number of carbonyl (C=O) groups excluding carboxylic acids is 1. The molecule has 8 nitrogen and oxygen atoms in total. The van der Waals surface area contributed by atoms with Gasteiger partial charge in [0.15, 0.2) is 0 Å². The summed E-state index contributed by atoms with van der Waals surface area (Å²) in [6.07, 6.45) is 4.56. The normalized spacial score (nSPS) is 11.4. The maximum absolute atomic E-state index is 13.6. The average molecular weight is 400 g/mol. The summed E-state index contributed by atoms with van der Waals surface area (Å²) in [5, 5.41) is 7.09. The fourth-order valence-corrected chi connectivity index (χ4v) is 2.78. The van der Waals surface area contributed by atoms with Crippen molar-refractivity contribution >= 4 is 29.0 Å². The van der Waals surface area contributed by atoms with Crippen molar-refractivity contribution in [2.75, 3.05) is 5.32 Å². The maximum Gasteiger partial charge on any atom is 0.324 e. The zero-order valence-electron chi connectivity index (χ0n) is 15.4. The van der Waals surface area contributed by atoms with E-state index in [0.717, 1.165) is 23.3 Å². The molecule has 1 amide bonds. The molecule has 1 N–H and O–H groups in total. The molecular formula is C18H17FN6O2S. The minimum Gasteiger partial charge on any atom is -0.323 e. The number of anilines is 1. The monoisotopic (exact) mass is 400 g/mol. The Hall–Kier alpha value is -3.27. The fraction of sp³-hybridized carbons (Fsp3) is 0.222. The fourth-order valence-electron chi connectivity index (χ4n) is 2.28. The van der Waals surface area contributed by atoms with Crippen molar-refractivity contribution in [2.24, 2.45) is 5.16 Å². The van der Waals surface area contributed by atoms with Gasteiger partial charge in [0, 0.05) is 35.1 Å². The molecule has 0 bridgehead atoms. The van der Waals surface area contributed by atoms with Crippen molar-refractivity contribution in [3.05, 3.63) is 59.1 Å². The third kappa shape index (κ3) is 4.52. The van der Waals surface area contributed by atoms with Crippen LogP contribution in [0.15, 0.2) is 35.9 Å². The highest BCUT2D eigenvalue weighted by molar-refractivity contribution is 7.07. The van der Waals surface area contributed by atoms with Gasteiger partial charge in [-0.1, -0.05) is 12.1 Å². The van der Waals surface area contributed by atoms with E-state index in [1.165, 1.54) is 13.1 Å². The Morgan fingerprint density at radius 2 is 2.11 bits per heavy atom. The van der Waals surface area contributed by atoms with Crippen LogP contribution in [0.25, 0.3) is 0 Å². The lowest BCUT2D eigenvalue weighted by Crippen LogP contribution is -2.15. The van der Waals surface area contributed by atoms with E-state index in [4.69, 9.17) is 4.84 Å². The molecule has 0 radical (unpaired) electrons. The van der Waals surface area contributed by atoms with Crippen molar-refractivity contribution in [1.29, 1.82) is 0 Å². The molecule has 0 aliphatic rings. The number of pyridine rings is 2. The van der Waals surface area contributed by atoms with E-state index in [1.54, 1.807) is 25.3 Å². The molecule has 28 heavy (non-hydrogen) atoms. The number of aromatic nitrogens is 4. The summed E-state index contributed by atoms with van der Waals surface area (Å²) in [6.45, 7) is 5.22. The van der Waals surface area contributed by atoms with Gasteiger partial charge in [-0.15, -0.1) is 0 Å². The van der Waals surface area contributed by atoms with Crippen LogP contribution >= 0.6 is 11.5 Å². The van der Waals surface area contributed by atoms with E-state index in [-0.39, 0.29) is 11.1 Å². The van der Waals surface area contributed by atoms with Gasteiger partial charge in [-0.25, -0.2) is 9.37 Å². The van der Waals surface area contributed by atoms with Gasteiger partial charge in [0.05, 0.1) is 17.5 Å². The molecule has 0 spiro atoms. The van der Waals surface area contributed by atoms with Crippen LogP contribution in [0.2, 0.25) is 0 Å². The number of halogens is 1. The smallest absolute Gasteiger partial charge is 0.323 e. The standard InChI is InChI=1S/C18H17FN6O2S/c1-4-15(24-27-18-22-11(3)25-28-18)12-5-6-16(21-7-12)23-17(26)13-8-20-9-14(19)10(13)2/h5-9H,4H2,1-3H3,(H,21,23,26). The minimum atomic E-state index is -0.537. The van der Waals surface area contributed by atoms with Crippen molar-refractivity contribution in [2.45, 2.75) is 27.2 Å². The summed E-state index contributed by atoms with van der Waals surface area (Å²) < 4.78 is 17.6. The predicted octanol–water partition coefficient (Wildman–Crippen LogP) is 3.53. The molecule has 0 atom stereocenters. The predicted molar refractivity (Wildman–Crippen MR) is 103 cm³/mol. The highest BCUT2D eigenvalue weighted by Gasteiger charge is 2.13. The second kappa shape index (κ2) is 8.61. The van der Waals surface area contributed by atoms with Gasteiger partial charge in [0.25, 0.3) is 5.91 Å². The van der Waals surface area contributed by atoms with Gasteiger partial charge in [0.1, 0.15) is 17.5 Å². The SMILES string of the molecule is CCC(=NOc1nc(C)ns1)c1ccc(NC(=O)c2cncc(F)c2C)nc1. The topological polar surface area (TPSA) is 102 Å². The molecule has 10 heteroatoms. The van der Waals surface area contributed by atoms with Gasteiger partial charge < -0.3 is 10.2 Å². The van der Waals surface area contributed by atoms with Gasteiger partial charge in [-0.2, -0.15) is 9.36 Å². The first-order valence-corrected chi connectivity index (χ1v) is 9.17. The van der Waals surface area contributed by atoms with Crippen molar-refractivity contribution < 1.29 is 14.0 Å². The van der Waals surface area contributed by atoms with E-state index in [2.05, 4.69) is 29.8 Å².